The first-order valence-electron chi connectivity index (χ1n) is 10.1. The molecule has 31 heavy (non-hydrogen) atoms. The van der Waals surface area contributed by atoms with Gasteiger partial charge in [0, 0.05) is 55.5 Å². The summed E-state index contributed by atoms with van der Waals surface area (Å²) in [5, 5.41) is 13.8. The van der Waals surface area contributed by atoms with Gasteiger partial charge in [0.2, 0.25) is 5.13 Å². The van der Waals surface area contributed by atoms with Crippen molar-refractivity contribution in [3.8, 4) is 12.1 Å². The third-order valence-corrected chi connectivity index (χ3v) is 7.01. The second kappa shape index (κ2) is 7.70. The van der Waals surface area contributed by atoms with E-state index >= 15 is 0 Å². The molecule has 0 radical (unpaired) electrons. The van der Waals surface area contributed by atoms with Gasteiger partial charge in [-0.1, -0.05) is 0 Å². The second-order valence-electron chi connectivity index (χ2n) is 8.05. The summed E-state index contributed by atoms with van der Waals surface area (Å²) in [5.41, 5.74) is 2.30. The van der Waals surface area contributed by atoms with Crippen molar-refractivity contribution in [2.24, 2.45) is 11.8 Å². The molecule has 160 valence electrons. The van der Waals surface area contributed by atoms with Crippen molar-refractivity contribution in [1.82, 2.24) is 24.2 Å². The van der Waals surface area contributed by atoms with Gasteiger partial charge in [0.1, 0.15) is 11.7 Å². The zero-order chi connectivity index (χ0) is 21.5. The van der Waals surface area contributed by atoms with Crippen LogP contribution in [-0.2, 0) is 0 Å². The Balaban J connectivity index is 1.26. The molecular weight excluding hydrogens is 416 g/mol. The molecule has 5 rings (SSSR count). The largest absolute Gasteiger partial charge is 0.466 e. The molecule has 4 heterocycles. The number of nitriles is 1. The minimum absolute atomic E-state index is 0.145. The number of likely N-dealkylation sites (tertiary alicyclic amines) is 1. The van der Waals surface area contributed by atoms with Crippen molar-refractivity contribution in [3.05, 3.63) is 24.0 Å². The number of hydrogen-bond donors (Lipinski definition) is 2. The van der Waals surface area contributed by atoms with Gasteiger partial charge in [-0.2, -0.15) is 10.2 Å². The highest BCUT2D eigenvalue weighted by atomic mass is 32.1. The number of amides is 2. The number of H-pyrrole nitrogens is 1. The molecule has 3 aromatic heterocycles. The predicted molar refractivity (Wildman–Crippen MR) is 116 cm³/mol. The molecule has 1 saturated heterocycles. The Morgan fingerprint density at radius 2 is 2.19 bits per heavy atom. The summed E-state index contributed by atoms with van der Waals surface area (Å²) in [5.74, 6) is 0.882. The van der Waals surface area contributed by atoms with Crippen molar-refractivity contribution in [2.75, 3.05) is 37.5 Å². The highest BCUT2D eigenvalue weighted by molar-refractivity contribution is 7.10. The number of aromatic amines is 1. The van der Waals surface area contributed by atoms with Crippen LogP contribution in [0, 0.1) is 23.2 Å². The molecule has 11 heteroatoms. The van der Waals surface area contributed by atoms with Crippen molar-refractivity contribution in [2.45, 2.75) is 18.9 Å². The maximum Gasteiger partial charge on any atom is 0.329 e. The number of carbonyl (C=O) groups excluding carboxylic acids is 1. The average Bonchev–Trinajstić information content (AvgIpc) is 3.54. The van der Waals surface area contributed by atoms with Crippen LogP contribution in [0.5, 0.6) is 6.01 Å². The van der Waals surface area contributed by atoms with E-state index in [1.165, 1.54) is 7.11 Å². The van der Waals surface area contributed by atoms with Gasteiger partial charge in [0.25, 0.3) is 0 Å². The van der Waals surface area contributed by atoms with Gasteiger partial charge >= 0.3 is 12.0 Å². The monoisotopic (exact) mass is 438 g/mol. The van der Waals surface area contributed by atoms with E-state index in [-0.39, 0.29) is 12.0 Å². The first-order chi connectivity index (χ1) is 15.1. The van der Waals surface area contributed by atoms with Gasteiger partial charge < -0.3 is 19.5 Å². The Morgan fingerprint density at radius 1 is 1.42 bits per heavy atom. The van der Waals surface area contributed by atoms with Crippen LogP contribution < -0.4 is 15.0 Å². The number of methoxy groups -OCH3 is 1. The Kier molecular flexibility index (Phi) is 4.86. The van der Waals surface area contributed by atoms with Crippen LogP contribution in [0.1, 0.15) is 18.4 Å². The lowest BCUT2D eigenvalue weighted by molar-refractivity contribution is 0.218. The number of hydrogen-bond acceptors (Lipinski definition) is 8. The summed E-state index contributed by atoms with van der Waals surface area (Å²) in [4.78, 5) is 28.3. The summed E-state index contributed by atoms with van der Waals surface area (Å²) in [7, 11) is 3.55. The lowest BCUT2D eigenvalue weighted by Gasteiger charge is -2.29. The van der Waals surface area contributed by atoms with E-state index in [1.807, 2.05) is 17.2 Å². The number of fused-ring (bicyclic) bond motifs is 2. The molecule has 1 aliphatic heterocycles. The van der Waals surface area contributed by atoms with Gasteiger partial charge in [-0.25, -0.2) is 9.78 Å². The SMILES string of the molecule is COc1nsc(NC(=O)N2C[C@H]3CC(N(C)c4c(C#N)cnc5[nH]ccc45)C[C@H]3C2)n1. The highest BCUT2D eigenvalue weighted by Crippen LogP contribution is 2.42. The minimum atomic E-state index is -0.145. The van der Waals surface area contributed by atoms with Gasteiger partial charge in [0.15, 0.2) is 0 Å². The molecule has 2 aliphatic rings. The average molecular weight is 439 g/mol. The van der Waals surface area contributed by atoms with Gasteiger partial charge in [0.05, 0.1) is 18.4 Å². The molecule has 2 amide bonds. The zero-order valence-corrected chi connectivity index (χ0v) is 18.0. The van der Waals surface area contributed by atoms with E-state index in [4.69, 9.17) is 4.74 Å². The molecule has 1 saturated carbocycles. The molecular formula is C20H22N8O2S. The second-order valence-corrected chi connectivity index (χ2v) is 8.80. The number of anilines is 2. The summed E-state index contributed by atoms with van der Waals surface area (Å²) in [6.45, 7) is 1.44. The van der Waals surface area contributed by atoms with E-state index < -0.39 is 0 Å². The lowest BCUT2D eigenvalue weighted by atomic mass is 10.0. The van der Waals surface area contributed by atoms with E-state index in [9.17, 15) is 10.1 Å². The number of rotatable bonds is 4. The number of aromatic nitrogens is 4. The molecule has 10 nitrogen and oxygen atoms in total. The molecule has 1 unspecified atom stereocenters. The van der Waals surface area contributed by atoms with Gasteiger partial charge in [-0.05, 0) is 30.7 Å². The summed E-state index contributed by atoms with van der Waals surface area (Å²) in [6, 6.07) is 4.69. The number of nitrogens with one attached hydrogen (secondary N) is 2. The van der Waals surface area contributed by atoms with Crippen molar-refractivity contribution < 1.29 is 9.53 Å². The fraction of sp³-hybridized carbons (Fsp3) is 0.450. The topological polar surface area (TPSA) is 123 Å². The predicted octanol–water partition coefficient (Wildman–Crippen LogP) is 2.67. The van der Waals surface area contributed by atoms with Crippen molar-refractivity contribution in [3.63, 3.8) is 0 Å². The molecule has 0 aromatic carbocycles. The quantitative estimate of drug-likeness (QED) is 0.642. The maximum absolute atomic E-state index is 12.6. The van der Waals surface area contributed by atoms with Crippen LogP contribution in [0.2, 0.25) is 0 Å². The summed E-state index contributed by atoms with van der Waals surface area (Å²) < 4.78 is 8.97. The number of carbonyl (C=O) groups is 1. The normalized spacial score (nSPS) is 22.4. The molecule has 1 aliphatic carbocycles. The molecule has 2 fully saturated rings. The van der Waals surface area contributed by atoms with Crippen molar-refractivity contribution in [1.29, 1.82) is 5.26 Å². The van der Waals surface area contributed by atoms with Crippen LogP contribution in [0.3, 0.4) is 0 Å². The molecule has 2 N–H and O–H groups in total. The smallest absolute Gasteiger partial charge is 0.329 e. The molecule has 0 spiro atoms. The molecule has 3 atom stereocenters. The van der Waals surface area contributed by atoms with Crippen molar-refractivity contribution >= 4 is 39.4 Å². The standard InChI is InChI=1S/C20H22N8O2S/c1-27(16-13(7-21)8-23-17-15(16)3-4-22-17)14-5-11-9-28(10-12(11)6-14)20(29)25-19-24-18(30-2)26-31-19/h3-4,8,11-12,14H,5-6,9-10H2,1-2H3,(H,22,23)(H,24,25,26,29)/t11-,12+,14?. The Morgan fingerprint density at radius 3 is 2.87 bits per heavy atom. The van der Waals surface area contributed by atoms with Crippen LogP contribution in [-0.4, -0.2) is 63.5 Å². The molecule has 3 aromatic rings. The fourth-order valence-electron chi connectivity index (χ4n) is 4.90. The van der Waals surface area contributed by atoms with Gasteiger partial charge in [-0.15, -0.1) is 4.37 Å². The third kappa shape index (κ3) is 3.42. The zero-order valence-electron chi connectivity index (χ0n) is 17.2. The summed E-state index contributed by atoms with van der Waals surface area (Å²) >= 11 is 1.10. The maximum atomic E-state index is 12.6. The first-order valence-corrected chi connectivity index (χ1v) is 10.9. The number of nitrogens with zero attached hydrogens (tertiary/aromatic N) is 6. The summed E-state index contributed by atoms with van der Waals surface area (Å²) in [6.07, 6.45) is 5.45. The number of pyridine rings is 1. The van der Waals surface area contributed by atoms with Crippen LogP contribution in [0.4, 0.5) is 15.6 Å². The van der Waals surface area contributed by atoms with E-state index in [2.05, 4.69) is 42.7 Å². The number of urea groups is 1. The Hall–Kier alpha value is -3.39. The van der Waals surface area contributed by atoms with E-state index in [1.54, 1.807) is 6.20 Å². The van der Waals surface area contributed by atoms with Crippen LogP contribution in [0.15, 0.2) is 18.5 Å². The van der Waals surface area contributed by atoms with Crippen LogP contribution >= 0.6 is 11.5 Å². The highest BCUT2D eigenvalue weighted by Gasteiger charge is 2.44. The Labute approximate surface area is 183 Å². The van der Waals surface area contributed by atoms with Gasteiger partial charge in [-0.3, -0.25) is 5.32 Å². The van der Waals surface area contributed by atoms with Crippen LogP contribution in [0.25, 0.3) is 11.0 Å². The lowest BCUT2D eigenvalue weighted by Crippen LogP contribution is -2.36. The number of ether oxygens (including phenoxy) is 1. The Bertz CT molecular complexity index is 1150. The molecule has 0 bridgehead atoms. The first kappa shape index (κ1) is 19.6. The third-order valence-electron chi connectivity index (χ3n) is 6.40. The minimum Gasteiger partial charge on any atom is -0.466 e. The van der Waals surface area contributed by atoms with E-state index in [0.29, 0.717) is 28.6 Å². The fourth-order valence-corrected chi connectivity index (χ4v) is 5.43. The van der Waals surface area contributed by atoms with E-state index in [0.717, 1.165) is 54.2 Å².